The van der Waals surface area contributed by atoms with E-state index in [1.165, 1.54) is 80.4 Å². The van der Waals surface area contributed by atoms with Gasteiger partial charge in [0.2, 0.25) is 0 Å². The highest BCUT2D eigenvalue weighted by atomic mass is 32.2. The van der Waals surface area contributed by atoms with Crippen molar-refractivity contribution in [2.24, 2.45) is 4.99 Å². The summed E-state index contributed by atoms with van der Waals surface area (Å²) in [5.41, 5.74) is 11.3. The van der Waals surface area contributed by atoms with Crippen molar-refractivity contribution >= 4 is 76.6 Å². The molecule has 12 rings (SSSR count). The van der Waals surface area contributed by atoms with Crippen molar-refractivity contribution < 1.29 is 0 Å². The lowest BCUT2D eigenvalue weighted by molar-refractivity contribution is 0.411. The first kappa shape index (κ1) is 33.0. The maximum Gasteiger partial charge on any atom is 0.131 e. The fourth-order valence-electron chi connectivity index (χ4n) is 9.28. The molecule has 4 atom stereocenters. The number of allylic oxidation sites excluding steroid dienone is 3. The lowest BCUT2D eigenvalue weighted by Crippen LogP contribution is -2.44. The van der Waals surface area contributed by atoms with Gasteiger partial charge < -0.3 is 9.88 Å². The normalized spacial score (nSPS) is 20.1. The molecule has 4 nitrogen and oxygen atoms in total. The lowest BCUT2D eigenvalue weighted by atomic mass is 9.87. The van der Waals surface area contributed by atoms with Crippen LogP contribution in [0.1, 0.15) is 40.5 Å². The van der Waals surface area contributed by atoms with Crippen molar-refractivity contribution in [1.82, 2.24) is 15.2 Å². The van der Waals surface area contributed by atoms with Gasteiger partial charge in [-0.3, -0.25) is 5.32 Å². The third kappa shape index (κ3) is 5.29. The molecule has 0 radical (unpaired) electrons. The van der Waals surface area contributed by atoms with E-state index in [2.05, 4.69) is 197 Å². The number of hydrogen-bond acceptors (Lipinski definition) is 5. The summed E-state index contributed by atoms with van der Waals surface area (Å²) in [5, 5.41) is 13.0. The molecule has 0 bridgehead atoms. The third-order valence-corrected chi connectivity index (χ3v) is 14.5. The number of aromatic nitrogens is 1. The van der Waals surface area contributed by atoms with Crippen molar-refractivity contribution in [3.63, 3.8) is 0 Å². The van der Waals surface area contributed by atoms with Gasteiger partial charge in [0.1, 0.15) is 18.2 Å². The minimum Gasteiger partial charge on any atom is -0.350 e. The minimum absolute atomic E-state index is 0.0895. The highest BCUT2D eigenvalue weighted by Gasteiger charge is 2.38. The van der Waals surface area contributed by atoms with Gasteiger partial charge in [-0.15, -0.1) is 23.1 Å². The summed E-state index contributed by atoms with van der Waals surface area (Å²) in [5.74, 6) is 1.13. The predicted molar refractivity (Wildman–Crippen MR) is 241 cm³/mol. The van der Waals surface area contributed by atoms with Gasteiger partial charge in [-0.05, 0) is 52.6 Å². The van der Waals surface area contributed by atoms with E-state index >= 15 is 0 Å². The van der Waals surface area contributed by atoms with Crippen LogP contribution in [0.3, 0.4) is 0 Å². The first-order chi connectivity index (χ1) is 28.3. The smallest absolute Gasteiger partial charge is 0.131 e. The topological polar surface area (TPSA) is 41.4 Å². The van der Waals surface area contributed by atoms with Gasteiger partial charge in [-0.1, -0.05) is 152 Å². The molecule has 7 aromatic carbocycles. The molecular weight excluding hydrogens is 733 g/mol. The fraction of sp³-hybridized carbons (Fsp3) is 0.0784. The third-order valence-electron chi connectivity index (χ3n) is 11.9. The Morgan fingerprint density at radius 3 is 2.05 bits per heavy atom. The van der Waals surface area contributed by atoms with Crippen molar-refractivity contribution in [3.05, 3.63) is 204 Å². The molecule has 57 heavy (non-hydrogen) atoms. The summed E-state index contributed by atoms with van der Waals surface area (Å²) in [6.07, 6.45) is 6.68. The molecule has 272 valence electrons. The molecule has 4 heterocycles. The van der Waals surface area contributed by atoms with Crippen LogP contribution >= 0.6 is 23.1 Å². The molecule has 6 heteroatoms. The number of aliphatic imine (C=N–C) groups is 1. The standard InChI is InChI=1S/C51H36N4S2/c1-3-14-31(15-4-1)49-52-50(32-16-5-2-6-17-32)54-51(53-49)39-23-12-22-38-37-21-11-20-34(47(37)57-48(38)39)33-28-29-44-40(30-33)46-43(26-13-27-45(46)56-44)55-41-24-9-7-18-35(41)36-19-8-10-25-42(36)55/h1-30,45-46,49,51,53H,(H,52,54). The molecule has 2 aromatic heterocycles. The van der Waals surface area contributed by atoms with E-state index in [0.29, 0.717) is 5.25 Å². The molecular formula is C51H36N4S2. The molecule has 0 fully saturated rings. The van der Waals surface area contributed by atoms with Gasteiger partial charge in [0.05, 0.1) is 11.0 Å². The average molecular weight is 769 g/mol. The van der Waals surface area contributed by atoms with Crippen molar-refractivity contribution in [2.45, 2.75) is 28.4 Å². The van der Waals surface area contributed by atoms with Crippen LogP contribution in [0.5, 0.6) is 0 Å². The van der Waals surface area contributed by atoms with E-state index in [9.17, 15) is 0 Å². The van der Waals surface area contributed by atoms with Gasteiger partial charge in [-0.2, -0.15) is 0 Å². The van der Waals surface area contributed by atoms with Gasteiger partial charge in [0.25, 0.3) is 0 Å². The van der Waals surface area contributed by atoms with E-state index in [4.69, 9.17) is 4.99 Å². The Morgan fingerprint density at radius 1 is 0.579 bits per heavy atom. The van der Waals surface area contributed by atoms with E-state index in [1.807, 2.05) is 23.1 Å². The monoisotopic (exact) mass is 768 g/mol. The zero-order valence-corrected chi connectivity index (χ0v) is 32.5. The number of nitrogens with one attached hydrogen (secondary N) is 2. The van der Waals surface area contributed by atoms with Crippen molar-refractivity contribution in [3.8, 4) is 11.1 Å². The van der Waals surface area contributed by atoms with Gasteiger partial charge in [0, 0.05) is 63.8 Å². The van der Waals surface area contributed by atoms with Crippen LogP contribution in [-0.4, -0.2) is 15.7 Å². The van der Waals surface area contributed by atoms with Crippen LogP contribution in [0.15, 0.2) is 192 Å². The average Bonchev–Trinajstić information content (AvgIpc) is 3.96. The predicted octanol–water partition coefficient (Wildman–Crippen LogP) is 12.8. The zero-order chi connectivity index (χ0) is 37.5. The number of nitrogens with zero attached hydrogens (tertiary/aromatic N) is 2. The van der Waals surface area contributed by atoms with Gasteiger partial charge >= 0.3 is 0 Å². The molecule has 1 aliphatic carbocycles. The fourth-order valence-corrected chi connectivity index (χ4v) is 12.0. The molecule has 0 saturated carbocycles. The summed E-state index contributed by atoms with van der Waals surface area (Å²) in [7, 11) is 0. The van der Waals surface area contributed by atoms with Gasteiger partial charge in [0.15, 0.2) is 0 Å². The molecule has 0 saturated heterocycles. The minimum atomic E-state index is -0.230. The Balaban J connectivity index is 0.975. The van der Waals surface area contributed by atoms with Crippen LogP contribution in [0.4, 0.5) is 0 Å². The van der Waals surface area contributed by atoms with Crippen LogP contribution in [0, 0.1) is 0 Å². The maximum absolute atomic E-state index is 5.33. The Hall–Kier alpha value is -6.18. The van der Waals surface area contributed by atoms with Crippen LogP contribution in [0.25, 0.3) is 58.8 Å². The van der Waals surface area contributed by atoms with E-state index in [-0.39, 0.29) is 18.2 Å². The Bertz CT molecular complexity index is 3080. The molecule has 2 N–H and O–H groups in total. The van der Waals surface area contributed by atoms with Crippen LogP contribution < -0.4 is 10.6 Å². The highest BCUT2D eigenvalue weighted by Crippen LogP contribution is 2.54. The molecule has 0 amide bonds. The van der Waals surface area contributed by atoms with E-state index < -0.39 is 0 Å². The summed E-state index contributed by atoms with van der Waals surface area (Å²) >= 11 is 3.89. The SMILES string of the molecule is C1=CC2Sc3ccc(-c4cccc5c4sc4c(C6N=C(c7ccccc7)NC(c7ccccc7)N6)cccc45)cc3C2C(n2c3ccccc3c3ccccc32)=C1. The summed E-state index contributed by atoms with van der Waals surface area (Å²) < 4.78 is 5.10. The second kappa shape index (κ2) is 13.2. The molecule has 9 aromatic rings. The Morgan fingerprint density at radius 2 is 1.26 bits per heavy atom. The van der Waals surface area contributed by atoms with E-state index in [0.717, 1.165) is 11.4 Å². The number of thioether (sulfide) groups is 1. The van der Waals surface area contributed by atoms with Crippen molar-refractivity contribution in [2.75, 3.05) is 0 Å². The second-order valence-corrected chi connectivity index (χ2v) is 17.3. The number of amidine groups is 1. The Labute approximate surface area is 338 Å². The summed E-state index contributed by atoms with van der Waals surface area (Å²) in [6, 6.07) is 59.5. The molecule has 3 aliphatic rings. The summed E-state index contributed by atoms with van der Waals surface area (Å²) in [6.45, 7) is 0. The van der Waals surface area contributed by atoms with Crippen LogP contribution in [0.2, 0.25) is 0 Å². The number of benzene rings is 7. The molecule has 4 unspecified atom stereocenters. The quantitative estimate of drug-likeness (QED) is 0.183. The van der Waals surface area contributed by atoms with Crippen LogP contribution in [-0.2, 0) is 0 Å². The maximum atomic E-state index is 5.33. The number of para-hydroxylation sites is 2. The largest absolute Gasteiger partial charge is 0.350 e. The van der Waals surface area contributed by atoms with Gasteiger partial charge in [-0.25, -0.2) is 4.99 Å². The number of fused-ring (bicyclic) bond motifs is 9. The second-order valence-electron chi connectivity index (χ2n) is 15.1. The number of thiophene rings is 1. The Kier molecular flexibility index (Phi) is 7.65. The lowest BCUT2D eigenvalue weighted by Gasteiger charge is -2.32. The molecule has 0 spiro atoms. The molecule has 2 aliphatic heterocycles. The first-order valence-corrected chi connectivity index (χ1v) is 21.3. The highest BCUT2D eigenvalue weighted by molar-refractivity contribution is 8.00. The van der Waals surface area contributed by atoms with Crippen molar-refractivity contribution in [1.29, 1.82) is 0 Å². The number of hydrogen-bond donors (Lipinski definition) is 2. The summed E-state index contributed by atoms with van der Waals surface area (Å²) in [4.78, 5) is 6.70. The first-order valence-electron chi connectivity index (χ1n) is 19.6. The number of rotatable bonds is 5. The van der Waals surface area contributed by atoms with E-state index in [1.54, 1.807) is 0 Å². The zero-order valence-electron chi connectivity index (χ0n) is 30.8.